The monoisotopic (exact) mass is 236 g/mol. The standard InChI is InChI=1S/C12H13ClN2O/c13-10-3-4-11(9(5-10)6-14)15-7-12(16)8-1-2-8/h3-5,8,12,15-16H,1-2,7H2. The molecule has 0 spiro atoms. The van der Waals surface area contributed by atoms with Crippen molar-refractivity contribution in [3.63, 3.8) is 0 Å². The zero-order valence-corrected chi connectivity index (χ0v) is 9.54. The Morgan fingerprint density at radius 1 is 1.56 bits per heavy atom. The Labute approximate surface area is 99.7 Å². The fraction of sp³-hybridized carbons (Fsp3) is 0.417. The molecule has 16 heavy (non-hydrogen) atoms. The molecule has 1 atom stereocenters. The highest BCUT2D eigenvalue weighted by Gasteiger charge is 2.29. The molecule has 0 amide bonds. The second-order valence-electron chi connectivity index (χ2n) is 4.09. The van der Waals surface area contributed by atoms with E-state index in [1.165, 1.54) is 0 Å². The van der Waals surface area contributed by atoms with Gasteiger partial charge in [0.1, 0.15) is 6.07 Å². The smallest absolute Gasteiger partial charge is 0.101 e. The molecule has 84 valence electrons. The fourth-order valence-corrected chi connectivity index (χ4v) is 1.80. The number of nitriles is 1. The molecule has 0 heterocycles. The summed E-state index contributed by atoms with van der Waals surface area (Å²) < 4.78 is 0. The van der Waals surface area contributed by atoms with Crippen LogP contribution < -0.4 is 5.32 Å². The van der Waals surface area contributed by atoms with Gasteiger partial charge in [-0.1, -0.05) is 11.6 Å². The van der Waals surface area contributed by atoms with E-state index >= 15 is 0 Å². The average molecular weight is 237 g/mol. The van der Waals surface area contributed by atoms with E-state index in [4.69, 9.17) is 16.9 Å². The highest BCUT2D eigenvalue weighted by molar-refractivity contribution is 6.30. The Kier molecular flexibility index (Phi) is 3.33. The number of anilines is 1. The van der Waals surface area contributed by atoms with Crippen LogP contribution in [0.25, 0.3) is 0 Å². The maximum absolute atomic E-state index is 9.70. The molecule has 0 aromatic heterocycles. The highest BCUT2D eigenvalue weighted by atomic mass is 35.5. The molecule has 0 aliphatic heterocycles. The molecule has 1 aliphatic rings. The summed E-state index contributed by atoms with van der Waals surface area (Å²) in [6.45, 7) is 0.487. The van der Waals surface area contributed by atoms with Crippen molar-refractivity contribution in [2.45, 2.75) is 18.9 Å². The van der Waals surface area contributed by atoms with Crippen molar-refractivity contribution in [1.82, 2.24) is 0 Å². The molecule has 1 aliphatic carbocycles. The van der Waals surface area contributed by atoms with Gasteiger partial charge in [-0.15, -0.1) is 0 Å². The fourth-order valence-electron chi connectivity index (χ4n) is 1.63. The van der Waals surface area contributed by atoms with Crippen LogP contribution in [0.4, 0.5) is 5.69 Å². The molecular weight excluding hydrogens is 224 g/mol. The number of halogens is 1. The van der Waals surface area contributed by atoms with Crippen molar-refractivity contribution < 1.29 is 5.11 Å². The van der Waals surface area contributed by atoms with Crippen molar-refractivity contribution in [2.24, 2.45) is 5.92 Å². The van der Waals surface area contributed by atoms with Gasteiger partial charge >= 0.3 is 0 Å². The molecular formula is C12H13ClN2O. The molecule has 0 radical (unpaired) electrons. The van der Waals surface area contributed by atoms with Gasteiger partial charge in [0.2, 0.25) is 0 Å². The molecule has 1 aromatic carbocycles. The number of aliphatic hydroxyl groups is 1. The van der Waals surface area contributed by atoms with E-state index in [9.17, 15) is 5.11 Å². The summed E-state index contributed by atoms with van der Waals surface area (Å²) >= 11 is 5.79. The van der Waals surface area contributed by atoms with E-state index in [1.54, 1.807) is 18.2 Å². The summed E-state index contributed by atoms with van der Waals surface area (Å²) in [6, 6.07) is 7.19. The molecule has 3 nitrogen and oxygen atoms in total. The molecule has 1 saturated carbocycles. The molecule has 0 saturated heterocycles. The lowest BCUT2D eigenvalue weighted by Crippen LogP contribution is -2.21. The molecule has 1 fully saturated rings. The van der Waals surface area contributed by atoms with Crippen LogP contribution in [0.15, 0.2) is 18.2 Å². The first-order valence-corrected chi connectivity index (χ1v) is 5.70. The van der Waals surface area contributed by atoms with Crippen molar-refractivity contribution >= 4 is 17.3 Å². The van der Waals surface area contributed by atoms with Crippen molar-refractivity contribution in [3.05, 3.63) is 28.8 Å². The van der Waals surface area contributed by atoms with Gasteiger partial charge in [0, 0.05) is 11.6 Å². The van der Waals surface area contributed by atoms with E-state index in [1.807, 2.05) is 0 Å². The van der Waals surface area contributed by atoms with Crippen LogP contribution >= 0.6 is 11.6 Å². The average Bonchev–Trinajstić information content (AvgIpc) is 3.10. The Morgan fingerprint density at radius 3 is 2.94 bits per heavy atom. The molecule has 0 bridgehead atoms. The van der Waals surface area contributed by atoms with Gasteiger partial charge in [0.25, 0.3) is 0 Å². The molecule has 2 rings (SSSR count). The summed E-state index contributed by atoms with van der Waals surface area (Å²) in [5.41, 5.74) is 1.24. The topological polar surface area (TPSA) is 56.0 Å². The SMILES string of the molecule is N#Cc1cc(Cl)ccc1NCC(O)C1CC1. The number of hydrogen-bond acceptors (Lipinski definition) is 3. The van der Waals surface area contributed by atoms with Crippen molar-refractivity contribution in [3.8, 4) is 6.07 Å². The minimum Gasteiger partial charge on any atom is -0.391 e. The Balaban J connectivity index is 2.00. The summed E-state index contributed by atoms with van der Waals surface area (Å²) in [7, 11) is 0. The van der Waals surface area contributed by atoms with Gasteiger partial charge in [0.15, 0.2) is 0 Å². The van der Waals surface area contributed by atoms with Crippen LogP contribution in [-0.2, 0) is 0 Å². The number of nitrogens with one attached hydrogen (secondary N) is 1. The third-order valence-corrected chi connectivity index (χ3v) is 3.00. The van der Waals surface area contributed by atoms with Gasteiger partial charge in [-0.3, -0.25) is 0 Å². The zero-order chi connectivity index (χ0) is 11.5. The van der Waals surface area contributed by atoms with Crippen LogP contribution in [0.3, 0.4) is 0 Å². The van der Waals surface area contributed by atoms with Crippen LogP contribution in [0, 0.1) is 17.2 Å². The quantitative estimate of drug-likeness (QED) is 0.844. The van der Waals surface area contributed by atoms with E-state index in [2.05, 4.69) is 11.4 Å². The van der Waals surface area contributed by atoms with Crippen LogP contribution in [0.1, 0.15) is 18.4 Å². The zero-order valence-electron chi connectivity index (χ0n) is 8.78. The van der Waals surface area contributed by atoms with Gasteiger partial charge < -0.3 is 10.4 Å². The summed E-state index contributed by atoms with van der Waals surface area (Å²) in [6.07, 6.45) is 1.89. The van der Waals surface area contributed by atoms with Crippen molar-refractivity contribution in [2.75, 3.05) is 11.9 Å². The predicted molar refractivity (Wildman–Crippen MR) is 63.4 cm³/mol. The first-order valence-electron chi connectivity index (χ1n) is 5.32. The van der Waals surface area contributed by atoms with Gasteiger partial charge in [0.05, 0.1) is 17.4 Å². The molecule has 2 N–H and O–H groups in total. The normalized spacial score (nSPS) is 16.6. The van der Waals surface area contributed by atoms with Crippen LogP contribution in [0.5, 0.6) is 0 Å². The number of benzene rings is 1. The van der Waals surface area contributed by atoms with Crippen molar-refractivity contribution in [1.29, 1.82) is 5.26 Å². The van der Waals surface area contributed by atoms with E-state index in [0.717, 1.165) is 18.5 Å². The van der Waals surface area contributed by atoms with Crippen LogP contribution in [0.2, 0.25) is 5.02 Å². The summed E-state index contributed by atoms with van der Waals surface area (Å²) in [4.78, 5) is 0. The van der Waals surface area contributed by atoms with E-state index in [-0.39, 0.29) is 6.10 Å². The van der Waals surface area contributed by atoms with E-state index < -0.39 is 0 Å². The minimum absolute atomic E-state index is 0.317. The number of rotatable bonds is 4. The second-order valence-corrected chi connectivity index (χ2v) is 4.52. The Hall–Kier alpha value is -1.24. The predicted octanol–water partition coefficient (Wildman–Crippen LogP) is 2.39. The lowest BCUT2D eigenvalue weighted by molar-refractivity contribution is 0.164. The van der Waals surface area contributed by atoms with Gasteiger partial charge in [-0.05, 0) is 37.0 Å². The number of aliphatic hydroxyl groups excluding tert-OH is 1. The number of hydrogen-bond donors (Lipinski definition) is 2. The lowest BCUT2D eigenvalue weighted by Gasteiger charge is -2.12. The summed E-state index contributed by atoms with van der Waals surface area (Å²) in [5, 5.41) is 22.2. The Bertz CT molecular complexity index is 424. The second kappa shape index (κ2) is 4.73. The van der Waals surface area contributed by atoms with Gasteiger partial charge in [-0.2, -0.15) is 5.26 Å². The third kappa shape index (κ3) is 2.66. The van der Waals surface area contributed by atoms with Gasteiger partial charge in [-0.25, -0.2) is 0 Å². The summed E-state index contributed by atoms with van der Waals surface area (Å²) in [5.74, 6) is 0.435. The number of nitrogens with zero attached hydrogens (tertiary/aromatic N) is 1. The largest absolute Gasteiger partial charge is 0.391 e. The first-order chi connectivity index (χ1) is 7.70. The lowest BCUT2D eigenvalue weighted by atomic mass is 10.1. The maximum Gasteiger partial charge on any atom is 0.101 e. The molecule has 1 aromatic rings. The highest BCUT2D eigenvalue weighted by Crippen LogP contribution is 2.32. The first kappa shape index (κ1) is 11.3. The third-order valence-electron chi connectivity index (χ3n) is 2.77. The Morgan fingerprint density at radius 2 is 2.31 bits per heavy atom. The van der Waals surface area contributed by atoms with Crippen LogP contribution in [-0.4, -0.2) is 17.8 Å². The maximum atomic E-state index is 9.70. The molecule has 1 unspecified atom stereocenters. The van der Waals surface area contributed by atoms with E-state index in [0.29, 0.717) is 23.0 Å². The minimum atomic E-state index is -0.317. The molecule has 4 heteroatoms.